The standard InChI is InChI=1S/2C28H37N3O7.C27H35N3O7.C20H21N3O2/c2*1-28(2,3)25(32)24-18-21-17-22(19-29-26(21)31-24)30-27(33)20-5-7-23(8-6-20)38-16-15-37-14-13-36-12-11-35-10-9-34-4;1-27(2,3)25(32)22-16-20-17-24(28-18-23(20)29-22)30-26(33)19-4-6-21(7-5-19)37-15-14-36-13-12-35-11-10-34-9-8-31;1-12-5-7-13(8-6-12)19(25)23-17-10-14-9-15(18(24)20(2,3)4)22-16(14)11-21-17/h2*5-8,17-19H,9-16H2,1-4H3,(H,29,31)(H,30,33);4-7,16-18,29,31H,8-15H2,1-3H3,(H,28,30,33);5-11,22H,1-4H3,(H,21,23,25). The Bertz CT molecular complexity index is 5680. The summed E-state index contributed by atoms with van der Waals surface area (Å²) in [4.78, 5) is 130. The van der Waals surface area contributed by atoms with E-state index in [9.17, 15) is 38.4 Å². The van der Waals surface area contributed by atoms with E-state index in [1.54, 1.807) is 172 Å². The molecule has 35 heteroatoms. The molecule has 138 heavy (non-hydrogen) atoms. The minimum atomic E-state index is -0.504. The molecule has 4 amide bonds. The maximum Gasteiger partial charge on any atom is 0.256 e. The molecule has 8 heterocycles. The maximum absolute atomic E-state index is 12.7. The molecule has 12 aromatic rings. The van der Waals surface area contributed by atoms with E-state index in [0.29, 0.717) is 249 Å². The number of aromatic nitrogens is 8. The van der Waals surface area contributed by atoms with Gasteiger partial charge in [0.15, 0.2) is 23.1 Å². The number of rotatable bonds is 50. The largest absolute Gasteiger partial charge is 0.491 e. The molecule has 35 nitrogen and oxygen atoms in total. The summed E-state index contributed by atoms with van der Waals surface area (Å²) >= 11 is 0. The summed E-state index contributed by atoms with van der Waals surface area (Å²) in [6.07, 6.45) is 6.34. The lowest BCUT2D eigenvalue weighted by Gasteiger charge is -2.14. The molecular weight excluding hydrogens is 1770 g/mol. The van der Waals surface area contributed by atoms with Crippen molar-refractivity contribution in [2.45, 2.75) is 90.0 Å². The van der Waals surface area contributed by atoms with Gasteiger partial charge in [-0.3, -0.25) is 38.4 Å². The van der Waals surface area contributed by atoms with Gasteiger partial charge in [0.05, 0.1) is 209 Å². The van der Waals surface area contributed by atoms with Crippen molar-refractivity contribution in [1.82, 2.24) is 39.9 Å². The normalized spacial score (nSPS) is 11.6. The summed E-state index contributed by atoms with van der Waals surface area (Å²) in [6, 6.07) is 42.0. The number of carbonyl (C=O) groups is 8. The molecule has 0 aliphatic carbocycles. The Morgan fingerprint density at radius 1 is 0.290 bits per heavy atom. The minimum absolute atomic E-state index is 0.000415. The molecule has 0 radical (unpaired) electrons. The number of amides is 4. The Morgan fingerprint density at radius 3 is 0.826 bits per heavy atom. The van der Waals surface area contributed by atoms with Crippen molar-refractivity contribution in [2.75, 3.05) is 194 Å². The van der Waals surface area contributed by atoms with Crippen LogP contribution in [-0.4, -0.2) is 265 Å². The summed E-state index contributed by atoms with van der Waals surface area (Å²) in [5.41, 5.74) is 6.94. The molecule has 0 saturated carbocycles. The highest BCUT2D eigenvalue weighted by Gasteiger charge is 2.29. The molecule has 0 bridgehead atoms. The van der Waals surface area contributed by atoms with Gasteiger partial charge in [0, 0.05) is 79.7 Å². The van der Waals surface area contributed by atoms with Gasteiger partial charge < -0.3 is 113 Å². The van der Waals surface area contributed by atoms with E-state index in [-0.39, 0.29) is 53.4 Å². The molecule has 12 rings (SSSR count). The van der Waals surface area contributed by atoms with Crippen LogP contribution in [0.2, 0.25) is 0 Å². The number of methoxy groups -OCH3 is 2. The van der Waals surface area contributed by atoms with E-state index in [2.05, 4.69) is 61.1 Å². The number of aliphatic hydroxyl groups excluding tert-OH is 1. The first kappa shape index (κ1) is 109. The molecule has 0 aliphatic rings. The van der Waals surface area contributed by atoms with Gasteiger partial charge in [0.2, 0.25) is 0 Å². The van der Waals surface area contributed by atoms with E-state index < -0.39 is 21.7 Å². The van der Waals surface area contributed by atoms with Crippen LogP contribution in [0.4, 0.5) is 23.0 Å². The Hall–Kier alpha value is -12.9. The molecule has 4 aromatic carbocycles. The Balaban J connectivity index is 0.000000208. The van der Waals surface area contributed by atoms with Gasteiger partial charge >= 0.3 is 0 Å². The van der Waals surface area contributed by atoms with E-state index in [0.717, 1.165) is 38.1 Å². The number of anilines is 4. The van der Waals surface area contributed by atoms with Crippen LogP contribution in [0.5, 0.6) is 17.2 Å². The minimum Gasteiger partial charge on any atom is -0.491 e. The average Bonchev–Trinajstić information content (AvgIpc) is 1.67. The van der Waals surface area contributed by atoms with Crippen LogP contribution >= 0.6 is 0 Å². The monoisotopic (exact) mass is 1900 g/mol. The summed E-state index contributed by atoms with van der Waals surface area (Å²) in [6.45, 7) is 35.2. The number of H-pyrrole nitrogens is 4. The maximum atomic E-state index is 12.7. The van der Waals surface area contributed by atoms with Gasteiger partial charge in [-0.15, -0.1) is 0 Å². The number of aryl methyl sites for hydroxylation is 1. The highest BCUT2D eigenvalue weighted by molar-refractivity contribution is 6.10. The second-order valence-electron chi connectivity index (χ2n) is 35.7. The Labute approximate surface area is 803 Å². The highest BCUT2D eigenvalue weighted by Crippen LogP contribution is 2.31. The number of pyridine rings is 4. The van der Waals surface area contributed by atoms with Gasteiger partial charge in [-0.2, -0.15) is 0 Å². The zero-order chi connectivity index (χ0) is 99.6. The van der Waals surface area contributed by atoms with Crippen molar-refractivity contribution in [3.63, 3.8) is 0 Å². The number of aromatic amines is 4. The smallest absolute Gasteiger partial charge is 0.256 e. The first-order valence-corrected chi connectivity index (χ1v) is 45.5. The first-order valence-electron chi connectivity index (χ1n) is 45.5. The van der Waals surface area contributed by atoms with Crippen molar-refractivity contribution < 1.29 is 110 Å². The van der Waals surface area contributed by atoms with Crippen LogP contribution in [0.25, 0.3) is 43.9 Å². The van der Waals surface area contributed by atoms with Crippen LogP contribution in [0, 0.1) is 28.6 Å². The summed E-state index contributed by atoms with van der Waals surface area (Å²) in [5, 5.41) is 23.0. The number of benzene rings is 4. The molecule has 0 atom stereocenters. The number of aliphatic hydroxyl groups is 1. The van der Waals surface area contributed by atoms with Crippen LogP contribution in [0.3, 0.4) is 0 Å². The van der Waals surface area contributed by atoms with Gasteiger partial charge in [0.25, 0.3) is 23.6 Å². The lowest BCUT2D eigenvalue weighted by Crippen LogP contribution is -2.20. The predicted octanol–water partition coefficient (Wildman–Crippen LogP) is 16.1. The van der Waals surface area contributed by atoms with Gasteiger partial charge in [-0.1, -0.05) is 101 Å². The lowest BCUT2D eigenvalue weighted by molar-refractivity contribution is 0.000164. The second-order valence-corrected chi connectivity index (χ2v) is 35.7. The fourth-order valence-corrected chi connectivity index (χ4v) is 12.7. The van der Waals surface area contributed by atoms with Gasteiger partial charge in [-0.05, 0) is 140 Å². The van der Waals surface area contributed by atoms with E-state index in [1.807, 2.05) is 102 Å². The summed E-state index contributed by atoms with van der Waals surface area (Å²) in [7, 11) is 3.27. The molecular formula is C103H130N12O23. The zero-order valence-corrected chi connectivity index (χ0v) is 81.4. The van der Waals surface area contributed by atoms with Crippen LogP contribution in [-0.2, 0) is 52.1 Å². The molecule has 9 N–H and O–H groups in total. The molecule has 740 valence electrons. The van der Waals surface area contributed by atoms with Crippen LogP contribution < -0.4 is 35.5 Å². The van der Waals surface area contributed by atoms with Crippen molar-refractivity contribution in [1.29, 1.82) is 0 Å². The third kappa shape index (κ3) is 36.6. The fourth-order valence-electron chi connectivity index (χ4n) is 12.7. The molecule has 8 aromatic heterocycles. The van der Waals surface area contributed by atoms with E-state index >= 15 is 0 Å². The highest BCUT2D eigenvalue weighted by atomic mass is 16.6. The lowest BCUT2D eigenvalue weighted by atomic mass is 9.89. The van der Waals surface area contributed by atoms with Crippen LogP contribution in [0.1, 0.15) is 172 Å². The molecule has 0 saturated heterocycles. The fraction of sp³-hybridized carbons (Fsp3) is 0.417. The Kier molecular flexibility index (Phi) is 43.3. The molecule has 0 spiro atoms. The average molecular weight is 1900 g/mol. The van der Waals surface area contributed by atoms with E-state index in [4.69, 9.17) is 71.4 Å². The van der Waals surface area contributed by atoms with Gasteiger partial charge in [0.1, 0.15) is 60.0 Å². The number of ketones is 4. The predicted molar refractivity (Wildman–Crippen MR) is 527 cm³/mol. The molecule has 0 aliphatic heterocycles. The van der Waals surface area contributed by atoms with Crippen molar-refractivity contribution in [3.05, 3.63) is 221 Å². The number of Topliss-reactive ketones (excluding diaryl/α,β-unsaturated/α-hetero) is 4. The summed E-state index contributed by atoms with van der Waals surface area (Å²) in [5.74, 6) is 1.73. The second kappa shape index (κ2) is 54.9. The number of fused-ring (bicyclic) bond motifs is 4. The van der Waals surface area contributed by atoms with Crippen molar-refractivity contribution in [2.24, 2.45) is 21.7 Å². The molecule has 0 unspecified atom stereocenters. The number of nitrogens with zero attached hydrogens (tertiary/aromatic N) is 4. The summed E-state index contributed by atoms with van der Waals surface area (Å²) < 4.78 is 75.0. The number of hydrogen-bond donors (Lipinski definition) is 9. The third-order valence-corrected chi connectivity index (χ3v) is 20.1. The van der Waals surface area contributed by atoms with Gasteiger partial charge in [-0.25, -0.2) is 19.9 Å². The SMILES string of the molecule is CC(C)(C)C(=O)c1cc2cc(NC(=O)c3ccc(OCCOCCOCCOCCO)cc3)ncc2[nH]1.COCCOCCOCCOCCOc1ccc(C(=O)Nc2cnc3[nH]c(C(=O)C(C)(C)C)cc3c2)cc1.COCCOCCOCCOCCOc1ccc(C(=O)Nc2cnc3[nH]c(C(=O)C(C)(C)C)cc3c2)cc1.Cc1ccc(C(=O)Nc2cc3cc(C(=O)C(C)(C)C)[nH]c3cn2)cc1. The van der Waals surface area contributed by atoms with Crippen molar-refractivity contribution >= 4 is 114 Å². The van der Waals surface area contributed by atoms with Crippen molar-refractivity contribution in [3.8, 4) is 17.2 Å². The topological polar surface area (TPSA) is 449 Å². The number of ether oxygens (including phenoxy) is 14. The first-order chi connectivity index (χ1) is 66.1. The van der Waals surface area contributed by atoms with E-state index in [1.165, 1.54) is 0 Å². The molecule has 0 fully saturated rings. The quantitative estimate of drug-likeness (QED) is 0.0126. The van der Waals surface area contributed by atoms with Crippen LogP contribution in [0.15, 0.2) is 170 Å². The zero-order valence-electron chi connectivity index (χ0n) is 81.4. The third-order valence-electron chi connectivity index (χ3n) is 20.1. The number of hydrogen-bond acceptors (Lipinski definition) is 27. The number of nitrogens with one attached hydrogen (secondary N) is 8. The number of carbonyl (C=O) groups excluding carboxylic acids is 8. The Morgan fingerprint density at radius 2 is 0.543 bits per heavy atom.